The molecule has 0 unspecified atom stereocenters. The maximum Gasteiger partial charge on any atom is 0.341 e. The van der Waals surface area contributed by atoms with Gasteiger partial charge in [0.15, 0.2) is 0 Å². The highest BCUT2D eigenvalue weighted by Crippen LogP contribution is 2.36. The lowest BCUT2D eigenvalue weighted by molar-refractivity contribution is 0.0529. The largest absolute Gasteiger partial charge is 0.462 e. The standard InChI is InChI=1S/C21H17F2NO5S2/c1-2-29-20(26)17-16(13-6-4-3-5-7-13)12-30-19(17)24-18(25)14-8-10-15(11-9-14)31(27,28)21(22)23/h3-12,21H,2H2,1H3,(H,24,25). The van der Waals surface area contributed by atoms with Crippen molar-refractivity contribution in [3.63, 3.8) is 0 Å². The first-order valence-corrected chi connectivity index (χ1v) is 11.5. The number of hydrogen-bond donors (Lipinski definition) is 1. The number of halogens is 2. The van der Waals surface area contributed by atoms with E-state index in [0.717, 1.165) is 41.2 Å². The van der Waals surface area contributed by atoms with Crippen LogP contribution in [-0.2, 0) is 14.6 Å². The summed E-state index contributed by atoms with van der Waals surface area (Å²) in [6.45, 7) is 1.82. The molecule has 3 rings (SSSR count). The Morgan fingerprint density at radius 1 is 1.06 bits per heavy atom. The second kappa shape index (κ2) is 9.36. The predicted octanol–water partition coefficient (Wildman–Crippen LogP) is 4.84. The molecule has 0 aliphatic heterocycles. The molecule has 1 amide bonds. The number of thiophene rings is 1. The smallest absolute Gasteiger partial charge is 0.341 e. The van der Waals surface area contributed by atoms with Crippen molar-refractivity contribution in [3.8, 4) is 11.1 Å². The summed E-state index contributed by atoms with van der Waals surface area (Å²) in [5.41, 5.74) is 1.60. The fourth-order valence-corrected chi connectivity index (χ4v) is 4.43. The normalized spacial score (nSPS) is 11.4. The molecule has 31 heavy (non-hydrogen) atoms. The molecule has 0 aliphatic rings. The monoisotopic (exact) mass is 465 g/mol. The average Bonchev–Trinajstić information content (AvgIpc) is 3.18. The Labute approximate surface area is 181 Å². The number of benzene rings is 2. The number of ether oxygens (including phenoxy) is 1. The molecule has 0 spiro atoms. The van der Waals surface area contributed by atoms with E-state index in [1.165, 1.54) is 0 Å². The molecule has 0 aliphatic carbocycles. The summed E-state index contributed by atoms with van der Waals surface area (Å²) >= 11 is 1.13. The van der Waals surface area contributed by atoms with Gasteiger partial charge in [-0.25, -0.2) is 13.2 Å². The summed E-state index contributed by atoms with van der Waals surface area (Å²) in [7, 11) is -4.75. The van der Waals surface area contributed by atoms with Crippen LogP contribution in [-0.4, -0.2) is 32.7 Å². The highest BCUT2D eigenvalue weighted by atomic mass is 32.2. The molecule has 1 aromatic heterocycles. The van der Waals surface area contributed by atoms with Gasteiger partial charge >= 0.3 is 11.7 Å². The van der Waals surface area contributed by atoms with Crippen LogP contribution in [0.4, 0.5) is 13.8 Å². The molecule has 0 fully saturated rings. The van der Waals surface area contributed by atoms with Gasteiger partial charge in [0.2, 0.25) is 9.84 Å². The highest BCUT2D eigenvalue weighted by Gasteiger charge is 2.27. The third-order valence-corrected chi connectivity index (χ3v) is 6.56. The minimum atomic E-state index is -4.75. The molecule has 1 heterocycles. The molecule has 0 radical (unpaired) electrons. The van der Waals surface area contributed by atoms with Crippen LogP contribution in [0, 0.1) is 0 Å². The zero-order valence-corrected chi connectivity index (χ0v) is 17.8. The average molecular weight is 465 g/mol. The second-order valence-electron chi connectivity index (χ2n) is 6.22. The molecule has 2 aromatic carbocycles. The van der Waals surface area contributed by atoms with Crippen molar-refractivity contribution in [2.24, 2.45) is 0 Å². The van der Waals surface area contributed by atoms with Crippen molar-refractivity contribution < 1.29 is 31.5 Å². The summed E-state index contributed by atoms with van der Waals surface area (Å²) in [5.74, 6) is -4.79. The zero-order chi connectivity index (χ0) is 22.6. The summed E-state index contributed by atoms with van der Waals surface area (Å²) in [6.07, 6.45) is 0. The Kier molecular flexibility index (Phi) is 6.81. The summed E-state index contributed by atoms with van der Waals surface area (Å²) in [6, 6.07) is 13.2. The van der Waals surface area contributed by atoms with Crippen molar-refractivity contribution in [3.05, 3.63) is 71.1 Å². The van der Waals surface area contributed by atoms with Gasteiger partial charge in [0.05, 0.1) is 11.5 Å². The molecule has 1 N–H and O–H groups in total. The van der Waals surface area contributed by atoms with Crippen LogP contribution >= 0.6 is 11.3 Å². The van der Waals surface area contributed by atoms with Crippen molar-refractivity contribution in [1.29, 1.82) is 0 Å². The quantitative estimate of drug-likeness (QED) is 0.505. The molecule has 3 aromatic rings. The lowest BCUT2D eigenvalue weighted by atomic mass is 10.0. The fourth-order valence-electron chi connectivity index (χ4n) is 2.76. The van der Waals surface area contributed by atoms with Crippen LogP contribution in [0.15, 0.2) is 64.9 Å². The number of rotatable bonds is 7. The van der Waals surface area contributed by atoms with Gasteiger partial charge in [0.25, 0.3) is 5.91 Å². The molecule has 162 valence electrons. The van der Waals surface area contributed by atoms with Crippen LogP contribution in [0.3, 0.4) is 0 Å². The first-order valence-electron chi connectivity index (χ1n) is 9.03. The van der Waals surface area contributed by atoms with E-state index in [1.807, 2.05) is 30.3 Å². The SMILES string of the molecule is CCOC(=O)c1c(-c2ccccc2)csc1NC(=O)c1ccc(S(=O)(=O)C(F)F)cc1. The predicted molar refractivity (Wildman–Crippen MR) is 113 cm³/mol. The molecular weight excluding hydrogens is 448 g/mol. The molecule has 0 saturated carbocycles. The van der Waals surface area contributed by atoms with Crippen LogP contribution in [0.25, 0.3) is 11.1 Å². The molecule has 0 atom stereocenters. The summed E-state index contributed by atoms with van der Waals surface area (Å²) < 4.78 is 53.5. The van der Waals surface area contributed by atoms with E-state index in [0.29, 0.717) is 5.56 Å². The summed E-state index contributed by atoms with van der Waals surface area (Å²) in [4.78, 5) is 24.6. The van der Waals surface area contributed by atoms with Crippen molar-refractivity contribution >= 4 is 38.1 Å². The van der Waals surface area contributed by atoms with Crippen molar-refractivity contribution in [2.75, 3.05) is 11.9 Å². The molecule has 6 nitrogen and oxygen atoms in total. The Morgan fingerprint density at radius 2 is 1.71 bits per heavy atom. The minimum Gasteiger partial charge on any atom is -0.462 e. The van der Waals surface area contributed by atoms with Gasteiger partial charge in [0.1, 0.15) is 10.6 Å². The molecule has 0 bridgehead atoms. The minimum absolute atomic E-state index is 0.0395. The second-order valence-corrected chi connectivity index (χ2v) is 9.02. The van der Waals surface area contributed by atoms with Crippen LogP contribution in [0.5, 0.6) is 0 Å². The van der Waals surface area contributed by atoms with Gasteiger partial charge in [0, 0.05) is 16.5 Å². The number of esters is 1. The van der Waals surface area contributed by atoms with E-state index < -0.39 is 32.4 Å². The van der Waals surface area contributed by atoms with E-state index in [-0.39, 0.29) is 22.7 Å². The van der Waals surface area contributed by atoms with Gasteiger partial charge < -0.3 is 10.1 Å². The first-order chi connectivity index (χ1) is 14.8. The third kappa shape index (κ3) is 4.80. The number of hydrogen-bond acceptors (Lipinski definition) is 6. The van der Waals surface area contributed by atoms with Gasteiger partial charge in [-0.2, -0.15) is 8.78 Å². The van der Waals surface area contributed by atoms with Crippen molar-refractivity contribution in [1.82, 2.24) is 0 Å². The van der Waals surface area contributed by atoms with E-state index in [9.17, 15) is 26.8 Å². The highest BCUT2D eigenvalue weighted by molar-refractivity contribution is 7.91. The van der Waals surface area contributed by atoms with E-state index >= 15 is 0 Å². The van der Waals surface area contributed by atoms with E-state index in [2.05, 4.69) is 5.32 Å². The Bertz CT molecular complexity index is 1190. The number of carbonyl (C=O) groups is 2. The molecular formula is C21H17F2NO5S2. The van der Waals surface area contributed by atoms with Gasteiger partial charge in [-0.1, -0.05) is 30.3 Å². The zero-order valence-electron chi connectivity index (χ0n) is 16.2. The van der Waals surface area contributed by atoms with Crippen LogP contribution in [0.2, 0.25) is 0 Å². The Hall–Kier alpha value is -3.11. The van der Waals surface area contributed by atoms with Crippen molar-refractivity contribution in [2.45, 2.75) is 17.6 Å². The first kappa shape index (κ1) is 22.6. The topological polar surface area (TPSA) is 89.5 Å². The molecule has 10 heteroatoms. The Balaban J connectivity index is 1.91. The Morgan fingerprint density at radius 3 is 2.29 bits per heavy atom. The third-order valence-electron chi connectivity index (χ3n) is 4.26. The molecule has 0 saturated heterocycles. The lowest BCUT2D eigenvalue weighted by Crippen LogP contribution is -2.15. The fraction of sp³-hybridized carbons (Fsp3) is 0.143. The maximum atomic E-state index is 12.7. The van der Waals surface area contributed by atoms with E-state index in [1.54, 1.807) is 12.3 Å². The number of alkyl halides is 2. The number of sulfone groups is 1. The van der Waals surface area contributed by atoms with Crippen LogP contribution in [0.1, 0.15) is 27.6 Å². The lowest BCUT2D eigenvalue weighted by Gasteiger charge is -2.09. The summed E-state index contributed by atoms with van der Waals surface area (Å²) in [5, 5.41) is 4.59. The van der Waals surface area contributed by atoms with Crippen LogP contribution < -0.4 is 5.32 Å². The van der Waals surface area contributed by atoms with Gasteiger partial charge in [-0.3, -0.25) is 4.79 Å². The van der Waals surface area contributed by atoms with E-state index in [4.69, 9.17) is 4.74 Å². The number of amides is 1. The van der Waals surface area contributed by atoms with Gasteiger partial charge in [-0.05, 0) is 36.8 Å². The number of anilines is 1. The number of carbonyl (C=O) groups excluding carboxylic acids is 2. The van der Waals surface area contributed by atoms with Gasteiger partial charge in [-0.15, -0.1) is 11.3 Å². The number of nitrogens with one attached hydrogen (secondary N) is 1. The maximum absolute atomic E-state index is 12.7.